The van der Waals surface area contributed by atoms with E-state index in [1.807, 2.05) is 12.1 Å². The first-order valence-electron chi connectivity index (χ1n) is 7.30. The second-order valence-electron chi connectivity index (χ2n) is 4.99. The lowest BCUT2D eigenvalue weighted by Crippen LogP contribution is -2.00. The first kappa shape index (κ1) is 17.3. The van der Waals surface area contributed by atoms with Gasteiger partial charge in [0.1, 0.15) is 19.3 Å². The summed E-state index contributed by atoms with van der Waals surface area (Å²) >= 11 is 12.3. The van der Waals surface area contributed by atoms with Crippen LogP contribution in [-0.4, -0.2) is 28.2 Å². The number of hydrogen-bond donors (Lipinski definition) is 0. The highest BCUT2D eigenvalue weighted by atomic mass is 35.5. The Morgan fingerprint density at radius 2 is 1.80 bits per heavy atom. The van der Waals surface area contributed by atoms with Crippen molar-refractivity contribution < 1.29 is 9.47 Å². The number of halogens is 2. The highest BCUT2D eigenvalue weighted by Crippen LogP contribution is 2.31. The van der Waals surface area contributed by atoms with Crippen LogP contribution in [0.5, 0.6) is 11.5 Å². The van der Waals surface area contributed by atoms with Gasteiger partial charge in [-0.15, -0.1) is 10.2 Å². The van der Waals surface area contributed by atoms with E-state index in [9.17, 15) is 0 Å². The zero-order valence-corrected chi connectivity index (χ0v) is 14.8. The van der Waals surface area contributed by atoms with Crippen molar-refractivity contribution in [2.45, 2.75) is 6.61 Å². The highest BCUT2D eigenvalue weighted by Gasteiger charge is 2.09. The fraction of sp³-hybridized carbons (Fsp3) is 0.118. The molecule has 2 aromatic carbocycles. The molecule has 3 rings (SSSR count). The quantitative estimate of drug-likeness (QED) is 0.608. The largest absolute Gasteiger partial charge is 0.493 e. The molecule has 0 saturated heterocycles. The molecule has 0 aliphatic heterocycles. The standard InChI is InChI=1S/C17H14Cl2N4O2/c1-24-17-7-12(8-22-23-10-20-21-11-23)5-6-16(17)25-9-13-14(18)3-2-4-15(13)19/h2-8,10-11H,9H2,1H3/b22-8-. The van der Waals surface area contributed by atoms with Crippen LogP contribution in [0.3, 0.4) is 0 Å². The Hall–Kier alpha value is -2.57. The summed E-state index contributed by atoms with van der Waals surface area (Å²) in [4.78, 5) is 0. The summed E-state index contributed by atoms with van der Waals surface area (Å²) in [5.74, 6) is 1.16. The minimum atomic E-state index is 0.239. The number of aromatic nitrogens is 3. The van der Waals surface area contributed by atoms with Gasteiger partial charge in [0.25, 0.3) is 0 Å². The Morgan fingerprint density at radius 1 is 1.08 bits per heavy atom. The maximum atomic E-state index is 6.16. The summed E-state index contributed by atoms with van der Waals surface area (Å²) in [5.41, 5.74) is 1.57. The average molecular weight is 377 g/mol. The van der Waals surface area contributed by atoms with Crippen LogP contribution in [0.4, 0.5) is 0 Å². The zero-order chi connectivity index (χ0) is 17.6. The van der Waals surface area contributed by atoms with Gasteiger partial charge in [-0.05, 0) is 35.9 Å². The number of methoxy groups -OCH3 is 1. The van der Waals surface area contributed by atoms with Gasteiger partial charge in [0.2, 0.25) is 0 Å². The topological polar surface area (TPSA) is 61.5 Å². The summed E-state index contributed by atoms with van der Waals surface area (Å²) in [6.45, 7) is 0.239. The molecule has 6 nitrogen and oxygen atoms in total. The Bertz CT molecular complexity index is 862. The number of ether oxygens (including phenoxy) is 2. The molecule has 0 fully saturated rings. The van der Waals surface area contributed by atoms with Crippen LogP contribution in [0.25, 0.3) is 0 Å². The first-order chi connectivity index (χ1) is 12.2. The molecular formula is C17H14Cl2N4O2. The van der Waals surface area contributed by atoms with Crippen LogP contribution in [0.1, 0.15) is 11.1 Å². The summed E-state index contributed by atoms with van der Waals surface area (Å²) < 4.78 is 12.7. The minimum Gasteiger partial charge on any atom is -0.493 e. The van der Waals surface area contributed by atoms with E-state index >= 15 is 0 Å². The molecule has 1 heterocycles. The van der Waals surface area contributed by atoms with Crippen LogP contribution in [0.15, 0.2) is 54.2 Å². The molecule has 0 radical (unpaired) electrons. The number of rotatable bonds is 6. The maximum absolute atomic E-state index is 6.16. The number of benzene rings is 2. The van der Waals surface area contributed by atoms with Gasteiger partial charge in [0.05, 0.1) is 13.3 Å². The van der Waals surface area contributed by atoms with E-state index in [4.69, 9.17) is 32.7 Å². The minimum absolute atomic E-state index is 0.239. The molecule has 128 valence electrons. The van der Waals surface area contributed by atoms with E-state index < -0.39 is 0 Å². The lowest BCUT2D eigenvalue weighted by molar-refractivity contribution is 0.284. The van der Waals surface area contributed by atoms with Gasteiger partial charge >= 0.3 is 0 Å². The smallest absolute Gasteiger partial charge is 0.161 e. The van der Waals surface area contributed by atoms with E-state index in [1.54, 1.807) is 37.6 Å². The third-order valence-corrected chi connectivity index (χ3v) is 4.08. The molecule has 0 aliphatic carbocycles. The molecule has 0 saturated carbocycles. The van der Waals surface area contributed by atoms with E-state index in [0.717, 1.165) is 11.1 Å². The molecule has 1 aromatic heterocycles. The molecule has 0 spiro atoms. The molecule has 0 amide bonds. The Kier molecular flexibility index (Phi) is 5.53. The van der Waals surface area contributed by atoms with Crippen molar-refractivity contribution in [2.75, 3.05) is 7.11 Å². The van der Waals surface area contributed by atoms with Crippen molar-refractivity contribution in [2.24, 2.45) is 5.10 Å². The van der Waals surface area contributed by atoms with Crippen LogP contribution in [0.2, 0.25) is 10.0 Å². The summed E-state index contributed by atoms with van der Waals surface area (Å²) in [5, 5.41) is 12.7. The average Bonchev–Trinajstić information content (AvgIpc) is 3.13. The van der Waals surface area contributed by atoms with Crippen LogP contribution in [0, 0.1) is 0 Å². The molecule has 0 atom stereocenters. The van der Waals surface area contributed by atoms with Gasteiger partial charge in [-0.25, -0.2) is 4.68 Å². The van der Waals surface area contributed by atoms with Gasteiger partial charge in [0, 0.05) is 15.6 Å². The lowest BCUT2D eigenvalue weighted by Gasteiger charge is -2.13. The van der Waals surface area contributed by atoms with E-state index in [0.29, 0.717) is 21.5 Å². The number of hydrogen-bond acceptors (Lipinski definition) is 5. The van der Waals surface area contributed by atoms with Gasteiger partial charge in [-0.1, -0.05) is 29.3 Å². The normalized spacial score (nSPS) is 11.0. The van der Waals surface area contributed by atoms with Gasteiger partial charge in [-0.3, -0.25) is 0 Å². The summed E-state index contributed by atoms with van der Waals surface area (Å²) in [6.07, 6.45) is 4.66. The summed E-state index contributed by atoms with van der Waals surface area (Å²) in [7, 11) is 1.57. The van der Waals surface area contributed by atoms with Gasteiger partial charge < -0.3 is 9.47 Å². The summed E-state index contributed by atoms with van der Waals surface area (Å²) in [6, 6.07) is 10.8. The van der Waals surface area contributed by atoms with E-state index in [2.05, 4.69) is 15.3 Å². The SMILES string of the molecule is COc1cc(/C=N\n2cnnc2)ccc1OCc1c(Cl)cccc1Cl. The van der Waals surface area contributed by atoms with Crippen molar-refractivity contribution in [1.82, 2.24) is 14.9 Å². The molecule has 0 bridgehead atoms. The molecule has 0 unspecified atom stereocenters. The fourth-order valence-corrected chi connectivity index (χ4v) is 2.60. The van der Waals surface area contributed by atoms with E-state index in [-0.39, 0.29) is 6.61 Å². The highest BCUT2D eigenvalue weighted by molar-refractivity contribution is 6.35. The maximum Gasteiger partial charge on any atom is 0.161 e. The third-order valence-electron chi connectivity index (χ3n) is 3.37. The fourth-order valence-electron chi connectivity index (χ4n) is 2.09. The van der Waals surface area contributed by atoms with Crippen LogP contribution in [-0.2, 0) is 6.61 Å². The molecule has 8 heteroatoms. The Morgan fingerprint density at radius 3 is 2.48 bits per heavy atom. The van der Waals surface area contributed by atoms with Gasteiger partial charge in [-0.2, -0.15) is 5.10 Å². The Balaban J connectivity index is 1.76. The third kappa shape index (κ3) is 4.29. The van der Waals surface area contributed by atoms with Crippen molar-refractivity contribution in [3.05, 3.63) is 70.2 Å². The monoisotopic (exact) mass is 376 g/mol. The van der Waals surface area contributed by atoms with Crippen LogP contribution >= 0.6 is 23.2 Å². The van der Waals surface area contributed by atoms with E-state index in [1.165, 1.54) is 17.3 Å². The Labute approximate surface area is 154 Å². The van der Waals surface area contributed by atoms with Crippen molar-refractivity contribution >= 4 is 29.4 Å². The first-order valence-corrected chi connectivity index (χ1v) is 8.05. The van der Waals surface area contributed by atoms with Crippen molar-refractivity contribution in [3.8, 4) is 11.5 Å². The van der Waals surface area contributed by atoms with Crippen molar-refractivity contribution in [1.29, 1.82) is 0 Å². The molecule has 0 aliphatic rings. The second kappa shape index (κ2) is 8.00. The van der Waals surface area contributed by atoms with Crippen LogP contribution < -0.4 is 9.47 Å². The molecular weight excluding hydrogens is 363 g/mol. The number of nitrogens with zero attached hydrogens (tertiary/aromatic N) is 4. The zero-order valence-electron chi connectivity index (χ0n) is 13.3. The predicted octanol–water partition coefficient (Wildman–Crippen LogP) is 4.05. The van der Waals surface area contributed by atoms with Gasteiger partial charge in [0.15, 0.2) is 11.5 Å². The second-order valence-corrected chi connectivity index (χ2v) is 5.80. The predicted molar refractivity (Wildman–Crippen MR) is 96.8 cm³/mol. The molecule has 0 N–H and O–H groups in total. The van der Waals surface area contributed by atoms with Crippen molar-refractivity contribution in [3.63, 3.8) is 0 Å². The molecule has 3 aromatic rings. The lowest BCUT2D eigenvalue weighted by atomic mass is 10.2. The molecule has 25 heavy (non-hydrogen) atoms.